The van der Waals surface area contributed by atoms with Gasteiger partial charge in [0.2, 0.25) is 0 Å². The van der Waals surface area contributed by atoms with E-state index in [1.807, 2.05) is 0 Å². The zero-order chi connectivity index (χ0) is 13.2. The summed E-state index contributed by atoms with van der Waals surface area (Å²) in [7, 11) is 0. The summed E-state index contributed by atoms with van der Waals surface area (Å²) < 4.78 is 5.76. The highest BCUT2D eigenvalue weighted by Crippen LogP contribution is 2.61. The Morgan fingerprint density at radius 2 is 2.00 bits per heavy atom. The first kappa shape index (κ1) is 11.8. The largest absolute Gasteiger partial charge is 0.492 e. The van der Waals surface area contributed by atoms with Crippen LogP contribution in [0.1, 0.15) is 50.3 Å². The van der Waals surface area contributed by atoms with Crippen LogP contribution < -0.4 is 10.5 Å². The maximum Gasteiger partial charge on any atom is 0.123 e. The number of hydrogen-bond acceptors (Lipinski definition) is 2. The van der Waals surface area contributed by atoms with Crippen molar-refractivity contribution in [1.82, 2.24) is 0 Å². The lowest BCUT2D eigenvalue weighted by atomic mass is 9.84. The molecule has 0 saturated heterocycles. The van der Waals surface area contributed by atoms with Crippen LogP contribution in [0.3, 0.4) is 0 Å². The van der Waals surface area contributed by atoms with Crippen LogP contribution in [0.5, 0.6) is 5.75 Å². The molecule has 0 aromatic heterocycles. The van der Waals surface area contributed by atoms with E-state index in [0.29, 0.717) is 0 Å². The molecule has 1 heterocycles. The van der Waals surface area contributed by atoms with Crippen molar-refractivity contribution in [2.24, 2.45) is 23.5 Å². The fourth-order valence-electron chi connectivity index (χ4n) is 4.38. The van der Waals surface area contributed by atoms with Gasteiger partial charge in [-0.1, -0.05) is 26.3 Å². The maximum atomic E-state index is 6.53. The van der Waals surface area contributed by atoms with Gasteiger partial charge in [0.1, 0.15) is 5.75 Å². The zero-order valence-corrected chi connectivity index (χ0v) is 11.9. The molecule has 2 N–H and O–H groups in total. The minimum absolute atomic E-state index is 0.129. The van der Waals surface area contributed by atoms with Crippen LogP contribution in [0.2, 0.25) is 0 Å². The highest BCUT2D eigenvalue weighted by Gasteiger charge is 2.55. The summed E-state index contributed by atoms with van der Waals surface area (Å²) in [6.07, 6.45) is 4.23. The van der Waals surface area contributed by atoms with Gasteiger partial charge in [-0.05, 0) is 48.3 Å². The van der Waals surface area contributed by atoms with Crippen LogP contribution in [-0.4, -0.2) is 6.61 Å². The van der Waals surface area contributed by atoms with Crippen molar-refractivity contribution in [2.75, 3.05) is 6.61 Å². The first-order valence-corrected chi connectivity index (χ1v) is 7.61. The van der Waals surface area contributed by atoms with Gasteiger partial charge in [-0.2, -0.15) is 0 Å². The summed E-state index contributed by atoms with van der Waals surface area (Å²) >= 11 is 0. The summed E-state index contributed by atoms with van der Waals surface area (Å²) in [5.41, 5.74) is 9.32. The molecule has 3 aliphatic rings. The molecule has 0 radical (unpaired) electrons. The molecule has 1 aromatic carbocycles. The molecule has 2 saturated carbocycles. The minimum Gasteiger partial charge on any atom is -0.492 e. The van der Waals surface area contributed by atoms with Crippen molar-refractivity contribution < 1.29 is 4.74 Å². The van der Waals surface area contributed by atoms with E-state index in [4.69, 9.17) is 10.5 Å². The van der Waals surface area contributed by atoms with Crippen molar-refractivity contribution >= 4 is 0 Å². The van der Waals surface area contributed by atoms with Gasteiger partial charge in [-0.15, -0.1) is 0 Å². The number of rotatable bonds is 2. The molecule has 19 heavy (non-hydrogen) atoms. The molecule has 2 nitrogen and oxygen atoms in total. The van der Waals surface area contributed by atoms with Crippen molar-refractivity contribution in [3.8, 4) is 5.75 Å². The fraction of sp³-hybridized carbons (Fsp3) is 0.647. The third-order valence-electron chi connectivity index (χ3n) is 5.59. The van der Waals surface area contributed by atoms with E-state index in [0.717, 1.165) is 30.1 Å². The van der Waals surface area contributed by atoms with Crippen LogP contribution in [-0.2, 0) is 5.41 Å². The Labute approximate surface area is 115 Å². The molecule has 0 bridgehead atoms. The van der Waals surface area contributed by atoms with Crippen LogP contribution >= 0.6 is 0 Å². The van der Waals surface area contributed by atoms with Crippen molar-refractivity contribution in [1.29, 1.82) is 0 Å². The SMILES string of the molecule is CC1(C)COc2ccc(C(N)C3C4CCCC43)cc21. The quantitative estimate of drug-likeness (QED) is 0.881. The zero-order valence-electron chi connectivity index (χ0n) is 11.9. The van der Waals surface area contributed by atoms with Crippen molar-refractivity contribution in [2.45, 2.75) is 44.6 Å². The molecule has 2 heteroatoms. The van der Waals surface area contributed by atoms with Crippen molar-refractivity contribution in [3.05, 3.63) is 29.3 Å². The number of benzene rings is 1. The van der Waals surface area contributed by atoms with Gasteiger partial charge in [0.25, 0.3) is 0 Å². The second-order valence-corrected chi connectivity index (χ2v) is 7.29. The predicted molar refractivity (Wildman–Crippen MR) is 76.2 cm³/mol. The molecule has 2 aliphatic carbocycles. The Hall–Kier alpha value is -1.02. The maximum absolute atomic E-state index is 6.53. The smallest absolute Gasteiger partial charge is 0.123 e. The van der Waals surface area contributed by atoms with E-state index in [-0.39, 0.29) is 11.5 Å². The number of hydrogen-bond donors (Lipinski definition) is 1. The normalized spacial score (nSPS) is 35.4. The molecular formula is C17H23NO. The molecule has 3 unspecified atom stereocenters. The Kier molecular flexibility index (Phi) is 2.33. The summed E-state index contributed by atoms with van der Waals surface area (Å²) in [4.78, 5) is 0. The molecule has 3 atom stereocenters. The molecule has 1 aliphatic heterocycles. The topological polar surface area (TPSA) is 35.2 Å². The van der Waals surface area contributed by atoms with E-state index in [1.54, 1.807) is 0 Å². The third kappa shape index (κ3) is 1.66. The second kappa shape index (κ2) is 3.76. The van der Waals surface area contributed by atoms with Crippen LogP contribution in [0, 0.1) is 17.8 Å². The number of nitrogens with two attached hydrogens (primary N) is 1. The number of ether oxygens (including phenoxy) is 1. The lowest BCUT2D eigenvalue weighted by Crippen LogP contribution is -2.20. The fourth-order valence-corrected chi connectivity index (χ4v) is 4.38. The molecule has 2 fully saturated rings. The first-order valence-electron chi connectivity index (χ1n) is 7.61. The Bertz CT molecular complexity index is 512. The summed E-state index contributed by atoms with van der Waals surface area (Å²) in [6, 6.07) is 6.84. The summed E-state index contributed by atoms with van der Waals surface area (Å²) in [6.45, 7) is 5.29. The van der Waals surface area contributed by atoms with E-state index in [9.17, 15) is 0 Å². The molecule has 102 valence electrons. The van der Waals surface area contributed by atoms with Gasteiger partial charge in [-0.3, -0.25) is 0 Å². The van der Waals surface area contributed by atoms with Crippen molar-refractivity contribution in [3.63, 3.8) is 0 Å². The minimum atomic E-state index is 0.129. The van der Waals surface area contributed by atoms with E-state index < -0.39 is 0 Å². The van der Waals surface area contributed by atoms with Crippen LogP contribution in [0.25, 0.3) is 0 Å². The van der Waals surface area contributed by atoms with Gasteiger partial charge in [-0.25, -0.2) is 0 Å². The Morgan fingerprint density at radius 3 is 2.74 bits per heavy atom. The average Bonchev–Trinajstić information content (AvgIpc) is 2.74. The average molecular weight is 257 g/mol. The Morgan fingerprint density at radius 1 is 1.26 bits per heavy atom. The lowest BCUT2D eigenvalue weighted by Gasteiger charge is -2.19. The Balaban J connectivity index is 1.62. The van der Waals surface area contributed by atoms with Gasteiger partial charge in [0, 0.05) is 17.0 Å². The molecular weight excluding hydrogens is 234 g/mol. The molecule has 0 spiro atoms. The summed E-state index contributed by atoms with van der Waals surface area (Å²) in [5, 5.41) is 0. The van der Waals surface area contributed by atoms with Gasteiger partial charge in [0.15, 0.2) is 0 Å². The van der Waals surface area contributed by atoms with E-state index in [1.165, 1.54) is 30.4 Å². The highest BCUT2D eigenvalue weighted by atomic mass is 16.5. The van der Waals surface area contributed by atoms with Gasteiger partial charge >= 0.3 is 0 Å². The highest BCUT2D eigenvalue weighted by molar-refractivity contribution is 5.46. The van der Waals surface area contributed by atoms with Crippen LogP contribution in [0.4, 0.5) is 0 Å². The molecule has 4 rings (SSSR count). The number of fused-ring (bicyclic) bond motifs is 2. The standard InChI is InChI=1S/C17H23NO/c1-17(2)9-19-14-7-6-10(8-13(14)17)16(18)15-11-4-3-5-12(11)15/h6-8,11-12,15-16H,3-5,9,18H2,1-2H3. The monoisotopic (exact) mass is 257 g/mol. The second-order valence-electron chi connectivity index (χ2n) is 7.29. The predicted octanol–water partition coefficient (Wildman–Crippen LogP) is 3.40. The van der Waals surface area contributed by atoms with E-state index in [2.05, 4.69) is 32.0 Å². The molecule has 0 amide bonds. The molecule has 1 aromatic rings. The third-order valence-corrected chi connectivity index (χ3v) is 5.59. The van der Waals surface area contributed by atoms with Gasteiger partial charge in [0.05, 0.1) is 6.61 Å². The van der Waals surface area contributed by atoms with Gasteiger partial charge < -0.3 is 10.5 Å². The first-order chi connectivity index (χ1) is 9.08. The van der Waals surface area contributed by atoms with Crippen LogP contribution in [0.15, 0.2) is 18.2 Å². The lowest BCUT2D eigenvalue weighted by molar-refractivity contribution is 0.291. The summed E-state index contributed by atoms with van der Waals surface area (Å²) in [5.74, 6) is 3.65. The van der Waals surface area contributed by atoms with E-state index >= 15 is 0 Å².